The number of nitrogens with zero attached hydrogens (tertiary/aromatic N) is 3. The van der Waals surface area contributed by atoms with E-state index in [1.807, 2.05) is 13.2 Å². The van der Waals surface area contributed by atoms with Gasteiger partial charge < -0.3 is 19.0 Å². The first-order chi connectivity index (χ1) is 27.1. The van der Waals surface area contributed by atoms with Gasteiger partial charge in [0.1, 0.15) is 0 Å². The van der Waals surface area contributed by atoms with Crippen LogP contribution >= 0.6 is 0 Å². The fourth-order valence-corrected chi connectivity index (χ4v) is 9.77. The van der Waals surface area contributed by atoms with Gasteiger partial charge in [0.05, 0.1) is 22.2 Å². The van der Waals surface area contributed by atoms with Crippen LogP contribution in [0.3, 0.4) is 0 Å². The smallest absolute Gasteiger partial charge is 0.0539 e. The summed E-state index contributed by atoms with van der Waals surface area (Å²) in [5.41, 5.74) is 15.6. The van der Waals surface area contributed by atoms with Crippen molar-refractivity contribution in [3.63, 3.8) is 0 Å². The number of hydrogen-bond acceptors (Lipinski definition) is 1. The van der Waals surface area contributed by atoms with Crippen LogP contribution in [0.15, 0.2) is 127 Å². The van der Waals surface area contributed by atoms with Crippen LogP contribution in [-0.2, 0) is 0 Å². The Hall–Kier alpha value is -5.74. The monoisotopic (exact) mass is 720 g/mol. The second-order valence-electron chi connectivity index (χ2n) is 15.4. The van der Waals surface area contributed by atoms with Crippen molar-refractivity contribution in [1.82, 2.24) is 19.0 Å². The Kier molecular flexibility index (Phi) is 9.43. The number of hydrogen-bond donors (Lipinski definition) is 1. The summed E-state index contributed by atoms with van der Waals surface area (Å²) in [6, 6.07) is 36.5. The van der Waals surface area contributed by atoms with Gasteiger partial charge in [-0.2, -0.15) is 0 Å². The molecule has 2 aliphatic rings. The summed E-state index contributed by atoms with van der Waals surface area (Å²) in [6.07, 6.45) is 24.2. The van der Waals surface area contributed by atoms with Gasteiger partial charge in [0, 0.05) is 57.6 Å². The van der Waals surface area contributed by atoms with Crippen molar-refractivity contribution in [2.75, 3.05) is 7.05 Å². The lowest BCUT2D eigenvalue weighted by Gasteiger charge is -2.17. The molecule has 4 aromatic carbocycles. The Morgan fingerprint density at radius 3 is 2.36 bits per heavy atom. The number of aromatic nitrogens is 3. The third kappa shape index (κ3) is 5.90. The van der Waals surface area contributed by atoms with Crippen LogP contribution in [0.2, 0.25) is 0 Å². The van der Waals surface area contributed by atoms with Gasteiger partial charge in [-0.05, 0) is 141 Å². The molecule has 9 rings (SSSR count). The number of unbranched alkanes of at least 4 members (excludes halogenated alkanes) is 1. The van der Waals surface area contributed by atoms with E-state index in [4.69, 9.17) is 0 Å². The Balaban J connectivity index is 1.25. The van der Waals surface area contributed by atoms with Gasteiger partial charge in [-0.25, -0.2) is 0 Å². The van der Waals surface area contributed by atoms with Gasteiger partial charge in [-0.1, -0.05) is 86.9 Å². The highest BCUT2D eigenvalue weighted by Gasteiger charge is 2.30. The molecule has 4 nitrogen and oxygen atoms in total. The molecule has 0 bridgehead atoms. The van der Waals surface area contributed by atoms with Crippen molar-refractivity contribution in [3.8, 4) is 17.1 Å². The molecule has 3 heterocycles. The Morgan fingerprint density at radius 1 is 0.782 bits per heavy atom. The minimum absolute atomic E-state index is 0.470. The van der Waals surface area contributed by atoms with Gasteiger partial charge in [-0.15, -0.1) is 0 Å². The van der Waals surface area contributed by atoms with E-state index < -0.39 is 0 Å². The molecular weight excluding hydrogens is 669 g/mol. The lowest BCUT2D eigenvalue weighted by molar-refractivity contribution is 0.571. The number of nitrogens with one attached hydrogen (secondary N) is 1. The highest BCUT2D eigenvalue weighted by atomic mass is 15.0. The lowest BCUT2D eigenvalue weighted by Crippen LogP contribution is -2.02. The average Bonchev–Trinajstić information content (AvgIpc) is 3.96. The number of allylic oxidation sites excluding steroid dienone is 4. The summed E-state index contributed by atoms with van der Waals surface area (Å²) in [5.74, 6) is 0.969. The maximum atomic E-state index is 3.25. The molecule has 7 aromatic rings. The van der Waals surface area contributed by atoms with Crippen LogP contribution in [0.25, 0.3) is 68.0 Å². The predicted octanol–water partition coefficient (Wildman–Crippen LogP) is 13.6. The number of benzene rings is 4. The molecule has 0 saturated heterocycles. The van der Waals surface area contributed by atoms with Crippen molar-refractivity contribution < 1.29 is 0 Å². The van der Waals surface area contributed by atoms with Crippen molar-refractivity contribution >= 4 is 50.9 Å². The van der Waals surface area contributed by atoms with E-state index in [9.17, 15) is 0 Å². The minimum Gasteiger partial charge on any atom is -0.394 e. The first-order valence-corrected chi connectivity index (χ1v) is 20.5. The third-order valence-electron chi connectivity index (χ3n) is 12.2. The van der Waals surface area contributed by atoms with Gasteiger partial charge in [0.2, 0.25) is 0 Å². The van der Waals surface area contributed by atoms with E-state index >= 15 is 0 Å². The summed E-state index contributed by atoms with van der Waals surface area (Å²) in [4.78, 5) is 0. The largest absolute Gasteiger partial charge is 0.394 e. The van der Waals surface area contributed by atoms with Crippen molar-refractivity contribution in [2.45, 2.75) is 77.6 Å². The maximum absolute atomic E-state index is 3.25. The van der Waals surface area contributed by atoms with Crippen LogP contribution in [0, 0.1) is 0 Å². The number of rotatable bonds is 11. The van der Waals surface area contributed by atoms with E-state index in [1.165, 1.54) is 111 Å². The normalized spacial score (nSPS) is 16.1. The molecule has 0 aliphatic heterocycles. The molecule has 0 radical (unpaired) electrons. The highest BCUT2D eigenvalue weighted by molar-refractivity contribution is 5.96. The quantitative estimate of drug-likeness (QED) is 0.141. The van der Waals surface area contributed by atoms with Crippen molar-refractivity contribution in [2.24, 2.45) is 0 Å². The first kappa shape index (κ1) is 35.0. The fraction of sp³-hybridized carbons (Fsp3) is 0.255. The maximum Gasteiger partial charge on any atom is 0.0539 e. The van der Waals surface area contributed by atoms with E-state index in [1.54, 1.807) is 5.57 Å². The molecule has 1 saturated carbocycles. The second kappa shape index (κ2) is 14.8. The summed E-state index contributed by atoms with van der Waals surface area (Å²) in [7, 11) is 1.97. The Morgan fingerprint density at radius 2 is 1.56 bits per heavy atom. The van der Waals surface area contributed by atoms with Crippen LogP contribution in [0.5, 0.6) is 0 Å². The summed E-state index contributed by atoms with van der Waals surface area (Å²) >= 11 is 0. The van der Waals surface area contributed by atoms with Crippen molar-refractivity contribution in [3.05, 3.63) is 155 Å². The first-order valence-electron chi connectivity index (χ1n) is 20.5. The summed E-state index contributed by atoms with van der Waals surface area (Å²) in [6.45, 7) is 6.81. The standard InChI is InChI=1S/C51H52N4/c1-5-8-17-35(7-3)50-44-34-40(27-29-47(44)54(48(50)16-6-2)38-20-10-9-11-21-38)53-41(30-31-52-4)33-37-32-39(26-28-45(37)53)55-46-24-13-12-22-43(46)51-42-23-14-18-36(42)19-15-25-49(51)55/h6,9-13,15-16,19-22,24-35,42,52H,5,7-8,14,17-18,23H2,1-4H3/b16-6-,31-30-. The highest BCUT2D eigenvalue weighted by Crippen LogP contribution is 2.47. The van der Waals surface area contributed by atoms with Gasteiger partial charge in [0.25, 0.3) is 0 Å². The molecule has 276 valence electrons. The van der Waals surface area contributed by atoms with Crippen LogP contribution in [0.1, 0.15) is 106 Å². The SMILES string of the molecule is C/C=C\c1c(C(CC)CCCC)c2cc(-n3c(/C=C\NC)cc4cc(-n5c6c(c7ccccc75)C5CCCC5=CC=C6)ccc43)ccc2n1-c1ccccc1. The molecule has 2 unspecified atom stereocenters. The average molecular weight is 721 g/mol. The topological polar surface area (TPSA) is 26.8 Å². The number of fused-ring (bicyclic) bond motifs is 7. The fourth-order valence-electron chi connectivity index (χ4n) is 9.77. The summed E-state index contributed by atoms with van der Waals surface area (Å²) in [5, 5.41) is 7.20. The van der Waals surface area contributed by atoms with Crippen LogP contribution in [-0.4, -0.2) is 20.7 Å². The second-order valence-corrected chi connectivity index (χ2v) is 15.4. The molecule has 0 amide bonds. The Bertz CT molecular complexity index is 2650. The molecule has 55 heavy (non-hydrogen) atoms. The van der Waals surface area contributed by atoms with Gasteiger partial charge in [-0.3, -0.25) is 0 Å². The van der Waals surface area contributed by atoms with Crippen molar-refractivity contribution in [1.29, 1.82) is 0 Å². The zero-order chi connectivity index (χ0) is 37.5. The minimum atomic E-state index is 0.470. The van der Waals surface area contributed by atoms with Crippen LogP contribution < -0.4 is 5.32 Å². The zero-order valence-electron chi connectivity index (χ0n) is 32.7. The van der Waals surface area contributed by atoms with Crippen LogP contribution in [0.4, 0.5) is 0 Å². The number of para-hydroxylation sites is 2. The molecular formula is C51H52N4. The van der Waals surface area contributed by atoms with Gasteiger partial charge >= 0.3 is 0 Å². The van der Waals surface area contributed by atoms with E-state index in [0.29, 0.717) is 11.8 Å². The zero-order valence-corrected chi connectivity index (χ0v) is 32.7. The molecule has 4 heteroatoms. The Labute approximate surface area is 325 Å². The van der Waals surface area contributed by atoms with E-state index in [2.05, 4.69) is 173 Å². The molecule has 2 aliphatic carbocycles. The predicted molar refractivity (Wildman–Crippen MR) is 236 cm³/mol. The molecule has 0 spiro atoms. The molecule has 1 N–H and O–H groups in total. The lowest BCUT2D eigenvalue weighted by atomic mass is 9.88. The molecule has 2 atom stereocenters. The molecule has 3 aromatic heterocycles. The third-order valence-corrected chi connectivity index (χ3v) is 12.2. The summed E-state index contributed by atoms with van der Waals surface area (Å²) < 4.78 is 7.43. The van der Waals surface area contributed by atoms with E-state index in [0.717, 1.165) is 12.1 Å². The molecule has 1 fully saturated rings. The van der Waals surface area contributed by atoms with Gasteiger partial charge in [0.15, 0.2) is 0 Å². The van der Waals surface area contributed by atoms with E-state index in [-0.39, 0.29) is 0 Å².